The number of aromatic nitrogens is 2. The Labute approximate surface area is 101 Å². The summed E-state index contributed by atoms with van der Waals surface area (Å²) in [6, 6.07) is 1.99. The molecule has 0 bridgehead atoms. The molecule has 0 aromatic carbocycles. The van der Waals surface area contributed by atoms with E-state index in [9.17, 15) is 4.79 Å². The lowest BCUT2D eigenvalue weighted by Gasteiger charge is -2.23. The van der Waals surface area contributed by atoms with Crippen molar-refractivity contribution in [3.8, 4) is 0 Å². The molecule has 6 heteroatoms. The van der Waals surface area contributed by atoms with Gasteiger partial charge in [0.25, 0.3) is 5.91 Å². The van der Waals surface area contributed by atoms with Crippen LogP contribution in [0.3, 0.4) is 0 Å². The van der Waals surface area contributed by atoms with Crippen LogP contribution in [-0.4, -0.2) is 35.2 Å². The van der Waals surface area contributed by atoms with Gasteiger partial charge >= 0.3 is 0 Å². The number of halogens is 1. The van der Waals surface area contributed by atoms with Crippen molar-refractivity contribution in [2.24, 2.45) is 0 Å². The Bertz CT molecular complexity index is 346. The molecule has 1 fully saturated rings. The van der Waals surface area contributed by atoms with Crippen LogP contribution in [0, 0.1) is 6.92 Å². The second-order valence-corrected chi connectivity index (χ2v) is 3.95. The summed E-state index contributed by atoms with van der Waals surface area (Å²) in [5.74, 6) is -0.0898. The van der Waals surface area contributed by atoms with Gasteiger partial charge in [-0.15, -0.1) is 12.4 Å². The number of nitrogens with zero attached hydrogens (tertiary/aromatic N) is 1. The van der Waals surface area contributed by atoms with Crippen LogP contribution in [0.25, 0.3) is 0 Å². The Hall–Kier alpha value is -1.07. The summed E-state index contributed by atoms with van der Waals surface area (Å²) in [7, 11) is 0. The van der Waals surface area contributed by atoms with Gasteiger partial charge in [0.1, 0.15) is 5.69 Å². The largest absolute Gasteiger partial charge is 0.347 e. The first-order valence-electron chi connectivity index (χ1n) is 5.29. The fourth-order valence-electron chi connectivity index (χ4n) is 1.77. The van der Waals surface area contributed by atoms with E-state index in [1.165, 1.54) is 0 Å². The lowest BCUT2D eigenvalue weighted by molar-refractivity contribution is 0.0925. The Balaban J connectivity index is 0.00000128. The molecule has 0 aliphatic carbocycles. The summed E-state index contributed by atoms with van der Waals surface area (Å²) in [5, 5.41) is 12.9. The summed E-state index contributed by atoms with van der Waals surface area (Å²) in [6.45, 7) is 3.79. The molecule has 1 aromatic rings. The van der Waals surface area contributed by atoms with Crippen molar-refractivity contribution in [2.45, 2.75) is 25.8 Å². The topological polar surface area (TPSA) is 69.8 Å². The van der Waals surface area contributed by atoms with Crippen molar-refractivity contribution in [1.82, 2.24) is 20.8 Å². The zero-order valence-electron chi connectivity index (χ0n) is 9.25. The Morgan fingerprint density at radius 2 is 2.44 bits per heavy atom. The van der Waals surface area contributed by atoms with Gasteiger partial charge in [0.05, 0.1) is 0 Å². The number of carbonyl (C=O) groups excluding carboxylic acids is 1. The van der Waals surface area contributed by atoms with Crippen LogP contribution in [0.2, 0.25) is 0 Å². The van der Waals surface area contributed by atoms with Crippen molar-refractivity contribution in [3.63, 3.8) is 0 Å². The molecule has 2 heterocycles. The van der Waals surface area contributed by atoms with E-state index in [-0.39, 0.29) is 24.4 Å². The number of carbonyl (C=O) groups is 1. The molecule has 1 aromatic heterocycles. The molecular formula is C10H17ClN4O. The number of hydrogen-bond acceptors (Lipinski definition) is 3. The van der Waals surface area contributed by atoms with Crippen LogP contribution in [0.4, 0.5) is 0 Å². The summed E-state index contributed by atoms with van der Waals surface area (Å²) >= 11 is 0. The number of aromatic amines is 1. The van der Waals surface area contributed by atoms with Crippen LogP contribution < -0.4 is 10.6 Å². The van der Waals surface area contributed by atoms with Gasteiger partial charge < -0.3 is 10.6 Å². The number of rotatable bonds is 2. The van der Waals surface area contributed by atoms with E-state index in [4.69, 9.17) is 0 Å². The minimum atomic E-state index is -0.0898. The molecule has 1 atom stereocenters. The zero-order chi connectivity index (χ0) is 10.7. The molecule has 1 amide bonds. The monoisotopic (exact) mass is 244 g/mol. The molecule has 1 unspecified atom stereocenters. The first kappa shape index (κ1) is 13.0. The van der Waals surface area contributed by atoms with Gasteiger partial charge in [-0.25, -0.2) is 0 Å². The number of nitrogens with one attached hydrogen (secondary N) is 3. The predicted molar refractivity (Wildman–Crippen MR) is 63.9 cm³/mol. The fourth-order valence-corrected chi connectivity index (χ4v) is 1.77. The van der Waals surface area contributed by atoms with E-state index in [1.54, 1.807) is 6.07 Å². The predicted octanol–water partition coefficient (Wildman–Crippen LogP) is 0.622. The molecule has 0 radical (unpaired) electrons. The van der Waals surface area contributed by atoms with Crippen molar-refractivity contribution in [2.75, 3.05) is 13.1 Å². The van der Waals surface area contributed by atoms with Gasteiger partial charge in [-0.05, 0) is 32.4 Å². The summed E-state index contributed by atoms with van der Waals surface area (Å²) < 4.78 is 0. The van der Waals surface area contributed by atoms with E-state index in [2.05, 4.69) is 20.8 Å². The van der Waals surface area contributed by atoms with Gasteiger partial charge in [0, 0.05) is 18.3 Å². The summed E-state index contributed by atoms with van der Waals surface area (Å²) in [6.07, 6.45) is 2.16. The summed E-state index contributed by atoms with van der Waals surface area (Å²) in [5.41, 5.74) is 1.37. The lowest BCUT2D eigenvalue weighted by Crippen LogP contribution is -2.45. The first-order chi connectivity index (χ1) is 7.25. The maximum absolute atomic E-state index is 11.7. The van der Waals surface area contributed by atoms with Crippen LogP contribution in [-0.2, 0) is 0 Å². The third-order valence-electron chi connectivity index (χ3n) is 2.57. The van der Waals surface area contributed by atoms with Crippen LogP contribution in [0.15, 0.2) is 6.07 Å². The third kappa shape index (κ3) is 3.21. The standard InChI is InChI=1S/C10H16N4O.ClH/c1-7-5-9(14-13-7)10(15)12-8-3-2-4-11-6-8;/h5,8,11H,2-4,6H2,1H3,(H,12,15)(H,13,14);1H. The van der Waals surface area contributed by atoms with E-state index < -0.39 is 0 Å². The van der Waals surface area contributed by atoms with Gasteiger partial charge in [-0.1, -0.05) is 0 Å². The summed E-state index contributed by atoms with van der Waals surface area (Å²) in [4.78, 5) is 11.7. The highest BCUT2D eigenvalue weighted by molar-refractivity contribution is 5.92. The smallest absolute Gasteiger partial charge is 0.272 e. The van der Waals surface area contributed by atoms with E-state index in [0.717, 1.165) is 31.6 Å². The number of hydrogen-bond donors (Lipinski definition) is 3. The van der Waals surface area contributed by atoms with Crippen LogP contribution in [0.5, 0.6) is 0 Å². The maximum Gasteiger partial charge on any atom is 0.272 e. The molecule has 1 saturated heterocycles. The van der Waals surface area contributed by atoms with Gasteiger partial charge in [0.2, 0.25) is 0 Å². The maximum atomic E-state index is 11.7. The molecule has 0 saturated carbocycles. The number of amides is 1. The van der Waals surface area contributed by atoms with Crippen molar-refractivity contribution in [3.05, 3.63) is 17.5 Å². The zero-order valence-corrected chi connectivity index (χ0v) is 10.1. The second kappa shape index (κ2) is 5.86. The number of piperidine rings is 1. The average molecular weight is 245 g/mol. The minimum Gasteiger partial charge on any atom is -0.347 e. The van der Waals surface area contributed by atoms with Crippen molar-refractivity contribution >= 4 is 18.3 Å². The fraction of sp³-hybridized carbons (Fsp3) is 0.600. The molecular weight excluding hydrogens is 228 g/mol. The lowest BCUT2D eigenvalue weighted by atomic mass is 10.1. The van der Waals surface area contributed by atoms with Crippen molar-refractivity contribution < 1.29 is 4.79 Å². The molecule has 16 heavy (non-hydrogen) atoms. The van der Waals surface area contributed by atoms with Gasteiger partial charge in [-0.2, -0.15) is 5.10 Å². The molecule has 1 aliphatic rings. The quantitative estimate of drug-likeness (QED) is 0.715. The first-order valence-corrected chi connectivity index (χ1v) is 5.29. The normalized spacial score (nSPS) is 19.9. The van der Waals surface area contributed by atoms with E-state index in [1.807, 2.05) is 6.92 Å². The Morgan fingerprint density at radius 1 is 1.62 bits per heavy atom. The Morgan fingerprint density at radius 3 is 3.00 bits per heavy atom. The minimum absolute atomic E-state index is 0. The second-order valence-electron chi connectivity index (χ2n) is 3.95. The molecule has 3 N–H and O–H groups in total. The highest BCUT2D eigenvalue weighted by Crippen LogP contribution is 2.03. The molecule has 0 spiro atoms. The Kier molecular flexibility index (Phi) is 4.76. The highest BCUT2D eigenvalue weighted by Gasteiger charge is 2.17. The van der Waals surface area contributed by atoms with Crippen molar-refractivity contribution in [1.29, 1.82) is 0 Å². The van der Waals surface area contributed by atoms with Gasteiger partial charge in [0.15, 0.2) is 0 Å². The van der Waals surface area contributed by atoms with Crippen LogP contribution >= 0.6 is 12.4 Å². The molecule has 90 valence electrons. The third-order valence-corrected chi connectivity index (χ3v) is 2.57. The van der Waals surface area contributed by atoms with E-state index >= 15 is 0 Å². The molecule has 1 aliphatic heterocycles. The highest BCUT2D eigenvalue weighted by atomic mass is 35.5. The van der Waals surface area contributed by atoms with Crippen LogP contribution in [0.1, 0.15) is 29.0 Å². The number of H-pyrrole nitrogens is 1. The van der Waals surface area contributed by atoms with Gasteiger partial charge in [-0.3, -0.25) is 9.89 Å². The average Bonchev–Trinajstić information content (AvgIpc) is 2.66. The van der Waals surface area contributed by atoms with E-state index in [0.29, 0.717) is 5.69 Å². The molecule has 5 nitrogen and oxygen atoms in total. The number of aryl methyl sites for hydroxylation is 1. The SMILES string of the molecule is Cc1cc(C(=O)NC2CCCNC2)n[nH]1.Cl. The molecule has 2 rings (SSSR count).